The minimum atomic E-state index is 0. The maximum absolute atomic E-state index is 5.85. The topological polar surface area (TPSA) is 40.7 Å². The number of hydrogen-bond donors (Lipinski definition) is 2. The third-order valence-corrected chi connectivity index (χ3v) is 3.44. The number of rotatable bonds is 6. The summed E-state index contributed by atoms with van der Waals surface area (Å²) in [5, 5.41) is 4.21. The summed E-state index contributed by atoms with van der Waals surface area (Å²) in [4.78, 5) is 7.78. The Kier molecular flexibility index (Phi) is 9.71. The van der Waals surface area contributed by atoms with E-state index in [-0.39, 0.29) is 24.8 Å². The van der Waals surface area contributed by atoms with E-state index in [1.165, 1.54) is 11.3 Å². The van der Waals surface area contributed by atoms with Crippen LogP contribution in [-0.2, 0) is 13.0 Å². The van der Waals surface area contributed by atoms with E-state index in [4.69, 9.17) is 11.6 Å². The molecule has 0 amide bonds. The van der Waals surface area contributed by atoms with Gasteiger partial charge in [-0.2, -0.15) is 0 Å². The van der Waals surface area contributed by atoms with E-state index < -0.39 is 0 Å². The van der Waals surface area contributed by atoms with Gasteiger partial charge in [-0.1, -0.05) is 23.7 Å². The Bertz CT molecular complexity index is 504. The summed E-state index contributed by atoms with van der Waals surface area (Å²) in [6.45, 7) is 5.97. The summed E-state index contributed by atoms with van der Waals surface area (Å²) in [6.07, 6.45) is 2.07. The van der Waals surface area contributed by atoms with Crippen LogP contribution >= 0.6 is 36.4 Å². The fraction of sp³-hybridized carbons (Fsp3) is 0.400. The summed E-state index contributed by atoms with van der Waals surface area (Å²) < 4.78 is 0. The number of aromatic amines is 1. The van der Waals surface area contributed by atoms with E-state index in [9.17, 15) is 0 Å². The predicted octanol–water partition coefficient (Wildman–Crippen LogP) is 4.25. The Morgan fingerprint density at radius 1 is 1.14 bits per heavy atom. The SMILES string of the molecule is Cc1nc(CCCNCc2ccc(Cl)cc2)[nH]c1C.Cl.Cl. The Balaban J connectivity index is 0.00000200. The number of hydrogen-bond acceptors (Lipinski definition) is 2. The predicted molar refractivity (Wildman–Crippen MR) is 94.0 cm³/mol. The van der Waals surface area contributed by atoms with Crippen LogP contribution in [0.4, 0.5) is 0 Å². The number of imidazole rings is 1. The molecule has 2 aromatic rings. The van der Waals surface area contributed by atoms with Crippen LogP contribution in [0.3, 0.4) is 0 Å². The van der Waals surface area contributed by atoms with Crippen molar-refractivity contribution in [3.63, 3.8) is 0 Å². The van der Waals surface area contributed by atoms with Gasteiger partial charge in [-0.3, -0.25) is 0 Å². The van der Waals surface area contributed by atoms with E-state index in [0.29, 0.717) is 0 Å². The van der Waals surface area contributed by atoms with Crippen molar-refractivity contribution in [3.05, 3.63) is 52.1 Å². The van der Waals surface area contributed by atoms with Crippen molar-refractivity contribution in [1.82, 2.24) is 15.3 Å². The fourth-order valence-corrected chi connectivity index (χ4v) is 2.08. The summed E-state index contributed by atoms with van der Waals surface area (Å²) in [7, 11) is 0. The van der Waals surface area contributed by atoms with Gasteiger partial charge in [0.1, 0.15) is 5.82 Å². The lowest BCUT2D eigenvalue weighted by Gasteiger charge is -2.04. The first-order chi connectivity index (χ1) is 9.15. The zero-order chi connectivity index (χ0) is 13.7. The van der Waals surface area contributed by atoms with Crippen LogP contribution < -0.4 is 5.32 Å². The second-order valence-electron chi connectivity index (χ2n) is 4.80. The molecule has 0 aliphatic carbocycles. The van der Waals surface area contributed by atoms with Crippen molar-refractivity contribution in [3.8, 4) is 0 Å². The number of nitrogens with zero attached hydrogens (tertiary/aromatic N) is 1. The first-order valence-electron chi connectivity index (χ1n) is 6.62. The number of H-pyrrole nitrogens is 1. The molecule has 6 heteroatoms. The molecule has 0 radical (unpaired) electrons. The minimum absolute atomic E-state index is 0. The zero-order valence-corrected chi connectivity index (χ0v) is 14.7. The second-order valence-corrected chi connectivity index (χ2v) is 5.24. The molecule has 0 fully saturated rings. The second kappa shape index (κ2) is 10.1. The maximum atomic E-state index is 5.85. The van der Waals surface area contributed by atoms with Gasteiger partial charge in [-0.05, 0) is 44.5 Å². The van der Waals surface area contributed by atoms with Crippen LogP contribution in [0.2, 0.25) is 5.02 Å². The van der Waals surface area contributed by atoms with Crippen LogP contribution in [0.15, 0.2) is 24.3 Å². The van der Waals surface area contributed by atoms with Crippen molar-refractivity contribution in [2.24, 2.45) is 0 Å². The van der Waals surface area contributed by atoms with E-state index in [2.05, 4.69) is 34.3 Å². The van der Waals surface area contributed by atoms with Crippen molar-refractivity contribution in [2.75, 3.05) is 6.54 Å². The quantitative estimate of drug-likeness (QED) is 0.765. The van der Waals surface area contributed by atoms with Crippen LogP contribution in [0.25, 0.3) is 0 Å². The Morgan fingerprint density at radius 2 is 1.81 bits per heavy atom. The van der Waals surface area contributed by atoms with Gasteiger partial charge in [-0.15, -0.1) is 24.8 Å². The Hall–Kier alpha value is -0.740. The molecule has 0 spiro atoms. The van der Waals surface area contributed by atoms with Gasteiger partial charge < -0.3 is 10.3 Å². The van der Waals surface area contributed by atoms with Gasteiger partial charge in [-0.25, -0.2) is 4.98 Å². The number of benzene rings is 1. The molecule has 0 aliphatic heterocycles. The van der Waals surface area contributed by atoms with E-state index in [1.54, 1.807) is 0 Å². The third kappa shape index (κ3) is 6.70. The molecule has 1 aromatic heterocycles. The zero-order valence-electron chi connectivity index (χ0n) is 12.3. The highest BCUT2D eigenvalue weighted by atomic mass is 35.5. The van der Waals surface area contributed by atoms with Crippen LogP contribution in [0.1, 0.15) is 29.2 Å². The number of nitrogens with one attached hydrogen (secondary N) is 2. The molecule has 1 heterocycles. The average Bonchev–Trinajstić information content (AvgIpc) is 2.71. The van der Waals surface area contributed by atoms with Crippen LogP contribution in [0.5, 0.6) is 0 Å². The highest BCUT2D eigenvalue weighted by Crippen LogP contribution is 2.09. The lowest BCUT2D eigenvalue weighted by Crippen LogP contribution is -2.15. The first-order valence-corrected chi connectivity index (χ1v) is 7.00. The van der Waals surface area contributed by atoms with Gasteiger partial charge in [0, 0.05) is 23.7 Å². The van der Waals surface area contributed by atoms with Crippen molar-refractivity contribution < 1.29 is 0 Å². The minimum Gasteiger partial charge on any atom is -0.346 e. The van der Waals surface area contributed by atoms with Crippen molar-refractivity contribution in [2.45, 2.75) is 33.2 Å². The van der Waals surface area contributed by atoms with E-state index in [1.807, 2.05) is 19.1 Å². The molecule has 118 valence electrons. The third-order valence-electron chi connectivity index (χ3n) is 3.19. The van der Waals surface area contributed by atoms with Gasteiger partial charge in [0.2, 0.25) is 0 Å². The molecule has 3 nitrogen and oxygen atoms in total. The highest BCUT2D eigenvalue weighted by molar-refractivity contribution is 6.30. The summed E-state index contributed by atoms with van der Waals surface area (Å²) in [5.41, 5.74) is 3.53. The molecular weight excluding hydrogens is 329 g/mol. The fourth-order valence-electron chi connectivity index (χ4n) is 1.96. The molecule has 2 rings (SSSR count). The molecule has 1 aromatic carbocycles. The summed E-state index contributed by atoms with van der Waals surface area (Å²) >= 11 is 5.85. The van der Waals surface area contributed by atoms with Crippen LogP contribution in [0, 0.1) is 13.8 Å². The highest BCUT2D eigenvalue weighted by Gasteiger charge is 2.01. The smallest absolute Gasteiger partial charge is 0.106 e. The van der Waals surface area contributed by atoms with Gasteiger partial charge in [0.15, 0.2) is 0 Å². The Morgan fingerprint density at radius 3 is 2.38 bits per heavy atom. The standard InChI is InChI=1S/C15H20ClN3.2ClH/c1-11-12(2)19-15(18-11)4-3-9-17-10-13-5-7-14(16)8-6-13;;/h5-8,17H,3-4,9-10H2,1-2H3,(H,18,19);2*1H. The molecule has 0 bridgehead atoms. The van der Waals surface area contributed by atoms with Gasteiger partial charge in [0.25, 0.3) is 0 Å². The first kappa shape index (κ1) is 20.3. The molecule has 0 saturated carbocycles. The monoisotopic (exact) mass is 349 g/mol. The van der Waals surface area contributed by atoms with Crippen molar-refractivity contribution >= 4 is 36.4 Å². The lowest BCUT2D eigenvalue weighted by molar-refractivity contribution is 0.640. The molecule has 0 unspecified atom stereocenters. The van der Waals surface area contributed by atoms with E-state index in [0.717, 1.165) is 42.5 Å². The number of aromatic nitrogens is 2. The Labute approximate surface area is 143 Å². The molecule has 0 aliphatic rings. The average molecular weight is 351 g/mol. The van der Waals surface area contributed by atoms with Gasteiger partial charge >= 0.3 is 0 Å². The molecule has 21 heavy (non-hydrogen) atoms. The van der Waals surface area contributed by atoms with Gasteiger partial charge in [0.05, 0.1) is 5.69 Å². The molecule has 2 N–H and O–H groups in total. The number of aryl methyl sites for hydroxylation is 3. The molecule has 0 saturated heterocycles. The lowest BCUT2D eigenvalue weighted by atomic mass is 10.2. The molecular formula is C15H22Cl3N3. The summed E-state index contributed by atoms with van der Waals surface area (Å²) in [6, 6.07) is 7.95. The van der Waals surface area contributed by atoms with E-state index >= 15 is 0 Å². The number of halogens is 3. The largest absolute Gasteiger partial charge is 0.346 e. The summed E-state index contributed by atoms with van der Waals surface area (Å²) in [5.74, 6) is 1.09. The molecule has 0 atom stereocenters. The maximum Gasteiger partial charge on any atom is 0.106 e. The van der Waals surface area contributed by atoms with Crippen LogP contribution in [-0.4, -0.2) is 16.5 Å². The normalized spacial score (nSPS) is 9.86. The van der Waals surface area contributed by atoms with Crippen molar-refractivity contribution in [1.29, 1.82) is 0 Å².